The summed E-state index contributed by atoms with van der Waals surface area (Å²) in [7, 11) is 0. The molecule has 0 aliphatic carbocycles. The van der Waals surface area contributed by atoms with E-state index in [4.69, 9.17) is 4.74 Å². The molecule has 0 radical (unpaired) electrons. The number of nitrogens with one attached hydrogen (secondary N) is 1. The zero-order valence-corrected chi connectivity index (χ0v) is 18.1. The highest BCUT2D eigenvalue weighted by atomic mass is 16.5. The summed E-state index contributed by atoms with van der Waals surface area (Å²) in [4.78, 5) is 21.2. The topological polar surface area (TPSA) is 69.0 Å². The summed E-state index contributed by atoms with van der Waals surface area (Å²) in [5.41, 5.74) is 4.73. The standard InChI is InChI=1S/C27H22N4O2/c1-19-16-22(33-27-28-14-7-15-29-27)12-13-23(19)30-26(32)18-31-24-11-6-5-10-21(24)17-25(31)20-8-3-2-4-9-20/h2-17H,18H2,1H3,(H,30,32). The highest BCUT2D eigenvalue weighted by Gasteiger charge is 2.14. The maximum absolute atomic E-state index is 13.1. The molecule has 5 rings (SSSR count). The van der Waals surface area contributed by atoms with Gasteiger partial charge in [0.25, 0.3) is 0 Å². The van der Waals surface area contributed by atoms with Crippen LogP contribution in [0.5, 0.6) is 11.8 Å². The number of rotatable bonds is 6. The average molecular weight is 434 g/mol. The van der Waals surface area contributed by atoms with E-state index < -0.39 is 0 Å². The molecule has 0 spiro atoms. The molecule has 1 N–H and O–H groups in total. The molecule has 162 valence electrons. The van der Waals surface area contributed by atoms with Gasteiger partial charge in [0.15, 0.2) is 0 Å². The van der Waals surface area contributed by atoms with Crippen LogP contribution < -0.4 is 10.1 Å². The van der Waals surface area contributed by atoms with E-state index in [1.165, 1.54) is 0 Å². The van der Waals surface area contributed by atoms with Crippen molar-refractivity contribution < 1.29 is 9.53 Å². The number of aromatic nitrogens is 3. The number of benzene rings is 3. The van der Waals surface area contributed by atoms with Gasteiger partial charge in [-0.3, -0.25) is 4.79 Å². The average Bonchev–Trinajstić information content (AvgIpc) is 3.20. The van der Waals surface area contributed by atoms with E-state index >= 15 is 0 Å². The third-order valence-corrected chi connectivity index (χ3v) is 5.41. The monoisotopic (exact) mass is 434 g/mol. The minimum absolute atomic E-state index is 0.100. The van der Waals surface area contributed by atoms with Gasteiger partial charge in [0.05, 0.1) is 0 Å². The number of ether oxygens (including phenoxy) is 1. The van der Waals surface area contributed by atoms with Crippen molar-refractivity contribution in [1.29, 1.82) is 0 Å². The van der Waals surface area contributed by atoms with Gasteiger partial charge in [-0.15, -0.1) is 0 Å². The highest BCUT2D eigenvalue weighted by molar-refractivity contribution is 5.94. The first-order valence-corrected chi connectivity index (χ1v) is 10.7. The number of anilines is 1. The van der Waals surface area contributed by atoms with Crippen molar-refractivity contribution in [3.8, 4) is 23.0 Å². The summed E-state index contributed by atoms with van der Waals surface area (Å²) in [6, 6.07) is 27.8. The molecule has 5 aromatic rings. The Hall–Kier alpha value is -4.45. The Morgan fingerprint density at radius 1 is 0.909 bits per heavy atom. The van der Waals surface area contributed by atoms with Crippen LogP contribution in [0.4, 0.5) is 5.69 Å². The molecule has 6 nitrogen and oxygen atoms in total. The summed E-state index contributed by atoms with van der Waals surface area (Å²) in [5.74, 6) is 0.510. The lowest BCUT2D eigenvalue weighted by molar-refractivity contribution is -0.116. The molecule has 3 aromatic carbocycles. The number of hydrogen-bond acceptors (Lipinski definition) is 4. The molecule has 0 aliphatic heterocycles. The molecule has 0 atom stereocenters. The van der Waals surface area contributed by atoms with E-state index in [9.17, 15) is 4.79 Å². The van der Waals surface area contributed by atoms with E-state index in [1.807, 2.05) is 55.5 Å². The van der Waals surface area contributed by atoms with Crippen LogP contribution >= 0.6 is 0 Å². The summed E-state index contributed by atoms with van der Waals surface area (Å²) in [6.07, 6.45) is 3.25. The summed E-state index contributed by atoms with van der Waals surface area (Å²) < 4.78 is 7.73. The lowest BCUT2D eigenvalue weighted by atomic mass is 10.1. The smallest absolute Gasteiger partial charge is 0.321 e. The largest absolute Gasteiger partial charge is 0.424 e. The minimum Gasteiger partial charge on any atom is -0.424 e. The first-order chi connectivity index (χ1) is 16.2. The Kier molecular flexibility index (Phi) is 5.55. The summed E-state index contributed by atoms with van der Waals surface area (Å²) in [5, 5.41) is 4.14. The summed E-state index contributed by atoms with van der Waals surface area (Å²) in [6.45, 7) is 2.13. The van der Waals surface area contributed by atoms with E-state index in [1.54, 1.807) is 24.5 Å². The Labute approximate surface area is 191 Å². The molecule has 0 saturated heterocycles. The second-order valence-electron chi connectivity index (χ2n) is 7.70. The van der Waals surface area contributed by atoms with Crippen molar-refractivity contribution in [2.45, 2.75) is 13.5 Å². The van der Waals surface area contributed by atoms with Crippen LogP contribution in [0.2, 0.25) is 0 Å². The molecule has 0 fully saturated rings. The van der Waals surface area contributed by atoms with Crippen molar-refractivity contribution in [3.63, 3.8) is 0 Å². The molecule has 2 aromatic heterocycles. The number of hydrogen-bond donors (Lipinski definition) is 1. The van der Waals surface area contributed by atoms with Crippen LogP contribution in [0, 0.1) is 6.92 Å². The number of carbonyl (C=O) groups excluding carboxylic acids is 1. The second kappa shape index (κ2) is 8.96. The van der Waals surface area contributed by atoms with Gasteiger partial charge in [-0.25, -0.2) is 9.97 Å². The number of nitrogens with zero attached hydrogens (tertiary/aromatic N) is 3. The minimum atomic E-state index is -0.100. The molecule has 6 heteroatoms. The molecule has 33 heavy (non-hydrogen) atoms. The zero-order valence-electron chi connectivity index (χ0n) is 18.1. The van der Waals surface area contributed by atoms with Gasteiger partial charge in [0.2, 0.25) is 5.91 Å². The van der Waals surface area contributed by atoms with Crippen LogP contribution in [0.3, 0.4) is 0 Å². The highest BCUT2D eigenvalue weighted by Crippen LogP contribution is 2.29. The number of carbonyl (C=O) groups is 1. The Bertz CT molecular complexity index is 1410. The Morgan fingerprint density at radius 2 is 1.67 bits per heavy atom. The van der Waals surface area contributed by atoms with Crippen LogP contribution in [-0.4, -0.2) is 20.4 Å². The lowest BCUT2D eigenvalue weighted by Gasteiger charge is -2.13. The molecule has 0 bridgehead atoms. The van der Waals surface area contributed by atoms with Gasteiger partial charge in [0.1, 0.15) is 12.3 Å². The fraction of sp³-hybridized carbons (Fsp3) is 0.0741. The third-order valence-electron chi connectivity index (χ3n) is 5.41. The number of fused-ring (bicyclic) bond motifs is 1. The Balaban J connectivity index is 1.37. The second-order valence-corrected chi connectivity index (χ2v) is 7.70. The number of amides is 1. The fourth-order valence-electron chi connectivity index (χ4n) is 3.85. The van der Waals surface area contributed by atoms with Crippen LogP contribution in [0.1, 0.15) is 5.56 Å². The zero-order chi connectivity index (χ0) is 22.6. The fourth-order valence-corrected chi connectivity index (χ4v) is 3.85. The quantitative estimate of drug-likeness (QED) is 0.365. The third kappa shape index (κ3) is 4.45. The van der Waals surface area contributed by atoms with Crippen LogP contribution in [0.15, 0.2) is 97.3 Å². The summed E-state index contributed by atoms with van der Waals surface area (Å²) >= 11 is 0. The molecule has 2 heterocycles. The van der Waals surface area contributed by atoms with E-state index in [0.717, 1.165) is 33.4 Å². The van der Waals surface area contributed by atoms with Crippen molar-refractivity contribution in [1.82, 2.24) is 14.5 Å². The first kappa shape index (κ1) is 20.5. The molecule has 0 unspecified atom stereocenters. The lowest BCUT2D eigenvalue weighted by Crippen LogP contribution is -2.19. The maximum atomic E-state index is 13.1. The van der Waals surface area contributed by atoms with Gasteiger partial charge in [-0.1, -0.05) is 48.5 Å². The van der Waals surface area contributed by atoms with Gasteiger partial charge < -0.3 is 14.6 Å². The number of para-hydroxylation sites is 1. The van der Waals surface area contributed by atoms with Crippen molar-refractivity contribution >= 4 is 22.5 Å². The predicted octanol–water partition coefficient (Wildman–Crippen LogP) is 5.84. The molecule has 0 saturated carbocycles. The van der Waals surface area contributed by atoms with Crippen molar-refractivity contribution in [2.75, 3.05) is 5.32 Å². The maximum Gasteiger partial charge on any atom is 0.321 e. The predicted molar refractivity (Wildman–Crippen MR) is 129 cm³/mol. The van der Waals surface area contributed by atoms with Crippen molar-refractivity contribution in [2.24, 2.45) is 0 Å². The van der Waals surface area contributed by atoms with Gasteiger partial charge in [-0.05, 0) is 54.4 Å². The molecular weight excluding hydrogens is 412 g/mol. The normalized spacial score (nSPS) is 10.8. The molecule has 1 amide bonds. The van der Waals surface area contributed by atoms with E-state index in [-0.39, 0.29) is 18.5 Å². The van der Waals surface area contributed by atoms with Crippen LogP contribution in [-0.2, 0) is 11.3 Å². The number of aryl methyl sites for hydroxylation is 1. The Morgan fingerprint density at radius 3 is 2.45 bits per heavy atom. The first-order valence-electron chi connectivity index (χ1n) is 10.7. The van der Waals surface area contributed by atoms with Gasteiger partial charge in [-0.2, -0.15) is 0 Å². The van der Waals surface area contributed by atoms with Gasteiger partial charge in [0, 0.05) is 34.7 Å². The van der Waals surface area contributed by atoms with E-state index in [0.29, 0.717) is 5.75 Å². The van der Waals surface area contributed by atoms with E-state index in [2.05, 4.69) is 44.1 Å². The molecule has 0 aliphatic rings. The molecular formula is C27H22N4O2. The van der Waals surface area contributed by atoms with Gasteiger partial charge >= 0.3 is 6.01 Å². The van der Waals surface area contributed by atoms with Crippen LogP contribution in [0.25, 0.3) is 22.2 Å². The SMILES string of the molecule is Cc1cc(Oc2ncccn2)ccc1NC(=O)Cn1c(-c2ccccc2)cc2ccccc21. The van der Waals surface area contributed by atoms with Crippen molar-refractivity contribution in [3.05, 3.63) is 103 Å².